The van der Waals surface area contributed by atoms with Gasteiger partial charge in [-0.15, -0.1) is 0 Å². The van der Waals surface area contributed by atoms with E-state index in [4.69, 9.17) is 27.9 Å². The monoisotopic (exact) mass is 320 g/mol. The first-order valence-corrected chi connectivity index (χ1v) is 7.53. The first-order valence-electron chi connectivity index (χ1n) is 6.78. The van der Waals surface area contributed by atoms with Crippen LogP contribution in [0, 0.1) is 6.92 Å². The molecule has 4 heteroatoms. The summed E-state index contributed by atoms with van der Waals surface area (Å²) < 4.78 is 5.64. The van der Waals surface area contributed by atoms with Crippen LogP contribution in [0.15, 0.2) is 30.3 Å². The number of halogens is 2. The maximum Gasteiger partial charge on any atom is 0.167 e. The summed E-state index contributed by atoms with van der Waals surface area (Å²) in [7, 11) is 0. The minimum Gasteiger partial charge on any atom is -0.493 e. The van der Waals surface area contributed by atoms with E-state index in [1.807, 2.05) is 25.1 Å². The van der Waals surface area contributed by atoms with E-state index in [0.29, 0.717) is 22.2 Å². The van der Waals surface area contributed by atoms with Crippen molar-refractivity contribution in [2.45, 2.75) is 19.8 Å². The van der Waals surface area contributed by atoms with Crippen LogP contribution in [-0.4, -0.2) is 12.4 Å². The number of benzene rings is 2. The number of carbonyl (C=O) groups is 1. The zero-order valence-electron chi connectivity index (χ0n) is 11.6. The summed E-state index contributed by atoms with van der Waals surface area (Å²) in [4.78, 5) is 12.5. The van der Waals surface area contributed by atoms with E-state index in [2.05, 4.69) is 0 Å². The van der Waals surface area contributed by atoms with Crippen LogP contribution in [-0.2, 0) is 12.8 Å². The fourth-order valence-electron chi connectivity index (χ4n) is 2.64. The first kappa shape index (κ1) is 14.4. The Morgan fingerprint density at radius 3 is 2.81 bits per heavy atom. The van der Waals surface area contributed by atoms with Crippen molar-refractivity contribution in [1.82, 2.24) is 0 Å². The summed E-state index contributed by atoms with van der Waals surface area (Å²) in [5, 5.41) is 1.21. The van der Waals surface area contributed by atoms with E-state index in [1.165, 1.54) is 0 Å². The van der Waals surface area contributed by atoms with Gasteiger partial charge in [-0.05, 0) is 42.3 Å². The lowest BCUT2D eigenvalue weighted by atomic mass is 9.97. The third-order valence-electron chi connectivity index (χ3n) is 3.68. The second kappa shape index (κ2) is 5.70. The van der Waals surface area contributed by atoms with Gasteiger partial charge in [0.25, 0.3) is 0 Å². The van der Waals surface area contributed by atoms with E-state index in [9.17, 15) is 4.79 Å². The third-order valence-corrected chi connectivity index (χ3v) is 4.13. The van der Waals surface area contributed by atoms with Crippen molar-refractivity contribution in [1.29, 1.82) is 0 Å². The number of ether oxygens (including phenoxy) is 1. The maximum atomic E-state index is 12.5. The summed E-state index contributed by atoms with van der Waals surface area (Å²) >= 11 is 12.1. The Kier molecular flexibility index (Phi) is 3.92. The molecule has 0 fully saturated rings. The highest BCUT2D eigenvalue weighted by Gasteiger charge is 2.20. The number of Topliss-reactive ketones (excluding diaryl/α,β-unsaturated/α-hetero) is 1. The summed E-state index contributed by atoms with van der Waals surface area (Å²) in [6, 6.07) is 9.07. The van der Waals surface area contributed by atoms with Gasteiger partial charge in [-0.1, -0.05) is 29.3 Å². The second-order valence-electron chi connectivity index (χ2n) is 5.21. The molecule has 0 radical (unpaired) electrons. The van der Waals surface area contributed by atoms with Crippen molar-refractivity contribution in [2.75, 3.05) is 6.61 Å². The zero-order valence-corrected chi connectivity index (χ0v) is 13.1. The molecule has 0 saturated heterocycles. The predicted molar refractivity (Wildman–Crippen MR) is 84.9 cm³/mol. The van der Waals surface area contributed by atoms with Crippen LogP contribution in [0.2, 0.25) is 10.0 Å². The van der Waals surface area contributed by atoms with Gasteiger partial charge in [0.05, 0.1) is 6.61 Å². The molecule has 0 N–H and O–H groups in total. The minimum absolute atomic E-state index is 0.0231. The van der Waals surface area contributed by atoms with Crippen LogP contribution in [0.1, 0.15) is 27.0 Å². The maximum absolute atomic E-state index is 12.5. The molecule has 0 unspecified atom stereocenters. The minimum atomic E-state index is 0.0231. The second-order valence-corrected chi connectivity index (χ2v) is 6.08. The van der Waals surface area contributed by atoms with Gasteiger partial charge in [-0.2, -0.15) is 0 Å². The van der Waals surface area contributed by atoms with Crippen LogP contribution < -0.4 is 4.74 Å². The van der Waals surface area contributed by atoms with Crippen LogP contribution in [0.4, 0.5) is 0 Å². The van der Waals surface area contributed by atoms with Gasteiger partial charge in [-0.25, -0.2) is 0 Å². The van der Waals surface area contributed by atoms with Crippen LogP contribution in [0.25, 0.3) is 0 Å². The lowest BCUT2D eigenvalue weighted by Gasteiger charge is -2.10. The topological polar surface area (TPSA) is 26.3 Å². The molecule has 2 aromatic carbocycles. The molecule has 21 heavy (non-hydrogen) atoms. The van der Waals surface area contributed by atoms with Crippen molar-refractivity contribution in [3.8, 4) is 5.75 Å². The standard InChI is InChI=1S/C17H14Cl2O2/c1-10-2-3-13(18)9-15(10)16(20)8-12-7-14(19)6-11-4-5-21-17(11)12/h2-3,6-7,9H,4-5,8H2,1H3. The molecule has 0 atom stereocenters. The molecule has 1 aliphatic heterocycles. The average Bonchev–Trinajstić information content (AvgIpc) is 2.89. The van der Waals surface area contributed by atoms with Crippen molar-refractivity contribution < 1.29 is 9.53 Å². The van der Waals surface area contributed by atoms with Gasteiger partial charge in [0, 0.05) is 34.0 Å². The van der Waals surface area contributed by atoms with E-state index < -0.39 is 0 Å². The van der Waals surface area contributed by atoms with Crippen LogP contribution in [0.5, 0.6) is 5.75 Å². The normalized spacial score (nSPS) is 12.9. The SMILES string of the molecule is Cc1ccc(Cl)cc1C(=O)Cc1cc(Cl)cc2c1OCC2. The number of carbonyl (C=O) groups excluding carboxylic acids is 1. The number of hydrogen-bond donors (Lipinski definition) is 0. The molecule has 0 aromatic heterocycles. The molecular formula is C17H14Cl2O2. The first-order chi connectivity index (χ1) is 10.0. The van der Waals surface area contributed by atoms with E-state index in [0.717, 1.165) is 28.9 Å². The van der Waals surface area contributed by atoms with Crippen molar-refractivity contribution in [3.05, 3.63) is 62.6 Å². The molecule has 0 aliphatic carbocycles. The van der Waals surface area contributed by atoms with Gasteiger partial charge in [0.1, 0.15) is 5.75 Å². The van der Waals surface area contributed by atoms with Gasteiger partial charge in [-0.3, -0.25) is 4.79 Å². The van der Waals surface area contributed by atoms with Crippen molar-refractivity contribution >= 4 is 29.0 Å². The Morgan fingerprint density at radius 1 is 1.19 bits per heavy atom. The Labute approximate surface area is 133 Å². The highest BCUT2D eigenvalue weighted by molar-refractivity contribution is 6.31. The molecule has 2 nitrogen and oxygen atoms in total. The fraction of sp³-hybridized carbons (Fsp3) is 0.235. The van der Waals surface area contributed by atoms with Crippen molar-refractivity contribution in [3.63, 3.8) is 0 Å². The van der Waals surface area contributed by atoms with Gasteiger partial charge in [0.2, 0.25) is 0 Å². The molecule has 1 heterocycles. The van der Waals surface area contributed by atoms with Crippen LogP contribution in [0.3, 0.4) is 0 Å². The Morgan fingerprint density at radius 2 is 2.00 bits per heavy atom. The molecule has 0 saturated carbocycles. The highest BCUT2D eigenvalue weighted by atomic mass is 35.5. The van der Waals surface area contributed by atoms with E-state index in [1.54, 1.807) is 12.1 Å². The van der Waals surface area contributed by atoms with Crippen LogP contribution >= 0.6 is 23.2 Å². The summed E-state index contributed by atoms with van der Waals surface area (Å²) in [5.41, 5.74) is 3.49. The lowest BCUT2D eigenvalue weighted by molar-refractivity contribution is 0.0991. The molecule has 0 amide bonds. The van der Waals surface area contributed by atoms with Crippen molar-refractivity contribution in [2.24, 2.45) is 0 Å². The number of rotatable bonds is 3. The molecular weight excluding hydrogens is 307 g/mol. The zero-order chi connectivity index (χ0) is 15.0. The van der Waals surface area contributed by atoms with E-state index >= 15 is 0 Å². The molecule has 3 rings (SSSR count). The lowest BCUT2D eigenvalue weighted by Crippen LogP contribution is -2.07. The Bertz CT molecular complexity index is 723. The van der Waals surface area contributed by atoms with Gasteiger partial charge in [0.15, 0.2) is 5.78 Å². The smallest absolute Gasteiger partial charge is 0.167 e. The van der Waals surface area contributed by atoms with Gasteiger partial charge >= 0.3 is 0 Å². The summed E-state index contributed by atoms with van der Waals surface area (Å²) in [6.45, 7) is 2.55. The average molecular weight is 321 g/mol. The fourth-order valence-corrected chi connectivity index (χ4v) is 3.08. The predicted octanol–water partition coefficient (Wildman–Crippen LogP) is 4.66. The Hall–Kier alpha value is -1.51. The number of hydrogen-bond acceptors (Lipinski definition) is 2. The Balaban J connectivity index is 1.94. The summed E-state index contributed by atoms with van der Waals surface area (Å²) in [5.74, 6) is 0.836. The highest BCUT2D eigenvalue weighted by Crippen LogP contribution is 2.33. The van der Waals surface area contributed by atoms with Gasteiger partial charge < -0.3 is 4.74 Å². The molecule has 2 aromatic rings. The largest absolute Gasteiger partial charge is 0.493 e. The molecule has 1 aliphatic rings. The molecule has 0 bridgehead atoms. The third kappa shape index (κ3) is 2.92. The van der Waals surface area contributed by atoms with E-state index in [-0.39, 0.29) is 12.2 Å². The number of fused-ring (bicyclic) bond motifs is 1. The molecule has 0 spiro atoms. The number of aryl methyl sites for hydroxylation is 1. The quantitative estimate of drug-likeness (QED) is 0.769. The number of ketones is 1. The summed E-state index contributed by atoms with van der Waals surface area (Å²) in [6.07, 6.45) is 1.11. The molecule has 108 valence electrons.